The van der Waals surface area contributed by atoms with Gasteiger partial charge in [0.05, 0.1) is 23.3 Å². The maximum atomic E-state index is 13.3. The Labute approximate surface area is 158 Å². The topological polar surface area (TPSA) is 82.1 Å². The van der Waals surface area contributed by atoms with E-state index in [1.807, 2.05) is 0 Å². The Morgan fingerprint density at radius 2 is 1.85 bits per heavy atom. The van der Waals surface area contributed by atoms with Gasteiger partial charge in [-0.2, -0.15) is 0 Å². The molecule has 0 amide bonds. The Bertz CT molecular complexity index is 970. The summed E-state index contributed by atoms with van der Waals surface area (Å²) >= 11 is 0. The number of hydrogen-bond acceptors (Lipinski definition) is 6. The van der Waals surface area contributed by atoms with Crippen LogP contribution in [0.1, 0.15) is 22.8 Å². The highest BCUT2D eigenvalue weighted by molar-refractivity contribution is 7.92. The van der Waals surface area contributed by atoms with Gasteiger partial charge in [-0.1, -0.05) is 6.07 Å². The molecule has 144 valence electrons. The highest BCUT2D eigenvalue weighted by Gasteiger charge is 2.28. The van der Waals surface area contributed by atoms with E-state index in [4.69, 9.17) is 14.2 Å². The van der Waals surface area contributed by atoms with Gasteiger partial charge in [-0.3, -0.25) is 4.31 Å². The zero-order chi connectivity index (χ0) is 19.6. The lowest BCUT2D eigenvalue weighted by Crippen LogP contribution is -2.32. The van der Waals surface area contributed by atoms with E-state index >= 15 is 0 Å². The monoisotopic (exact) mass is 391 g/mol. The molecular formula is C19H21NO6S. The Hall–Kier alpha value is -2.74. The summed E-state index contributed by atoms with van der Waals surface area (Å²) in [7, 11) is -2.57. The number of hydrogen-bond donors (Lipinski definition) is 0. The van der Waals surface area contributed by atoms with Gasteiger partial charge in [-0.25, -0.2) is 13.2 Å². The van der Waals surface area contributed by atoms with Crippen LogP contribution in [0.2, 0.25) is 0 Å². The molecule has 0 radical (unpaired) electrons. The number of fused-ring (bicyclic) bond motifs is 1. The largest absolute Gasteiger partial charge is 0.486 e. The molecule has 1 aliphatic heterocycles. The van der Waals surface area contributed by atoms with Crippen molar-refractivity contribution in [2.45, 2.75) is 18.7 Å². The molecule has 0 atom stereocenters. The van der Waals surface area contributed by atoms with Crippen LogP contribution in [0, 0.1) is 6.92 Å². The zero-order valence-electron chi connectivity index (χ0n) is 15.4. The van der Waals surface area contributed by atoms with Crippen molar-refractivity contribution in [2.75, 3.05) is 31.2 Å². The lowest BCUT2D eigenvalue weighted by atomic mass is 10.1. The van der Waals surface area contributed by atoms with Crippen molar-refractivity contribution >= 4 is 21.7 Å². The van der Waals surface area contributed by atoms with Gasteiger partial charge >= 0.3 is 5.97 Å². The van der Waals surface area contributed by atoms with Gasteiger partial charge in [0.25, 0.3) is 10.0 Å². The molecule has 1 aliphatic rings. The normalized spacial score (nSPS) is 13.1. The third kappa shape index (κ3) is 3.44. The fourth-order valence-electron chi connectivity index (χ4n) is 3.01. The lowest BCUT2D eigenvalue weighted by molar-refractivity contribution is 0.0600. The number of esters is 1. The van der Waals surface area contributed by atoms with Crippen molar-refractivity contribution in [2.24, 2.45) is 0 Å². The second-order valence-corrected chi connectivity index (χ2v) is 7.78. The van der Waals surface area contributed by atoms with Gasteiger partial charge in [0.2, 0.25) is 0 Å². The van der Waals surface area contributed by atoms with Crippen LogP contribution in [0.3, 0.4) is 0 Å². The first-order valence-corrected chi connectivity index (χ1v) is 9.94. The number of sulfonamides is 1. The molecule has 1 heterocycles. The van der Waals surface area contributed by atoms with Crippen LogP contribution in [-0.2, 0) is 14.8 Å². The summed E-state index contributed by atoms with van der Waals surface area (Å²) in [6.45, 7) is 4.43. The highest BCUT2D eigenvalue weighted by Crippen LogP contribution is 2.35. The van der Waals surface area contributed by atoms with Gasteiger partial charge in [0, 0.05) is 12.6 Å². The molecular weight excluding hydrogens is 370 g/mol. The number of anilines is 1. The molecule has 0 unspecified atom stereocenters. The second-order valence-electron chi connectivity index (χ2n) is 5.92. The van der Waals surface area contributed by atoms with Gasteiger partial charge in [-0.15, -0.1) is 0 Å². The predicted octanol–water partition coefficient (Wildman–Crippen LogP) is 2.77. The van der Waals surface area contributed by atoms with E-state index in [-0.39, 0.29) is 11.4 Å². The van der Waals surface area contributed by atoms with Gasteiger partial charge in [0.15, 0.2) is 11.5 Å². The molecule has 0 bridgehead atoms. The van der Waals surface area contributed by atoms with Crippen LogP contribution in [0.25, 0.3) is 0 Å². The molecule has 0 saturated heterocycles. The number of carbonyl (C=O) groups excluding carboxylic acids is 1. The van der Waals surface area contributed by atoms with E-state index in [2.05, 4.69) is 0 Å². The minimum atomic E-state index is -3.86. The minimum Gasteiger partial charge on any atom is -0.486 e. The zero-order valence-corrected chi connectivity index (χ0v) is 16.2. The van der Waals surface area contributed by atoms with E-state index < -0.39 is 16.0 Å². The van der Waals surface area contributed by atoms with Crippen LogP contribution in [0.15, 0.2) is 41.3 Å². The molecule has 2 aromatic carbocycles. The van der Waals surface area contributed by atoms with Crippen LogP contribution in [0.4, 0.5) is 5.69 Å². The first-order valence-electron chi connectivity index (χ1n) is 8.50. The molecule has 0 aromatic heterocycles. The number of rotatable bonds is 5. The predicted molar refractivity (Wildman–Crippen MR) is 100 cm³/mol. The quantitative estimate of drug-likeness (QED) is 0.729. The first-order chi connectivity index (χ1) is 12.9. The number of methoxy groups -OCH3 is 1. The van der Waals surface area contributed by atoms with Crippen molar-refractivity contribution in [1.29, 1.82) is 0 Å². The summed E-state index contributed by atoms with van der Waals surface area (Å²) in [5.41, 5.74) is 1.29. The van der Waals surface area contributed by atoms with Crippen LogP contribution >= 0.6 is 0 Å². The summed E-state index contributed by atoms with van der Waals surface area (Å²) in [6.07, 6.45) is 0. The number of benzene rings is 2. The number of carbonyl (C=O) groups is 1. The molecule has 0 spiro atoms. The average Bonchev–Trinajstić information content (AvgIpc) is 2.68. The van der Waals surface area contributed by atoms with Crippen molar-refractivity contribution in [3.63, 3.8) is 0 Å². The SMILES string of the molecule is CCN(c1cccc(C(=O)OC)c1C)S(=O)(=O)c1ccc2c(c1)OCCO2. The summed E-state index contributed by atoms with van der Waals surface area (Å²) in [6, 6.07) is 9.45. The molecule has 2 aromatic rings. The van der Waals surface area contributed by atoms with E-state index in [0.29, 0.717) is 41.5 Å². The molecule has 3 rings (SSSR count). The first kappa shape index (κ1) is 19.0. The van der Waals surface area contributed by atoms with Crippen LogP contribution in [0.5, 0.6) is 11.5 Å². The van der Waals surface area contributed by atoms with E-state index in [0.717, 1.165) is 0 Å². The van der Waals surface area contributed by atoms with E-state index in [1.165, 1.54) is 23.5 Å². The molecule has 0 N–H and O–H groups in total. The average molecular weight is 391 g/mol. The summed E-state index contributed by atoms with van der Waals surface area (Å²) in [5.74, 6) is 0.410. The van der Waals surface area contributed by atoms with Crippen molar-refractivity contribution in [1.82, 2.24) is 0 Å². The molecule has 8 heteroatoms. The van der Waals surface area contributed by atoms with Gasteiger partial charge in [-0.05, 0) is 43.7 Å². The fraction of sp³-hybridized carbons (Fsp3) is 0.316. The van der Waals surface area contributed by atoms with E-state index in [1.54, 1.807) is 38.1 Å². The van der Waals surface area contributed by atoms with E-state index in [9.17, 15) is 13.2 Å². The Morgan fingerprint density at radius 1 is 1.15 bits per heavy atom. The van der Waals surface area contributed by atoms with Crippen LogP contribution in [-0.4, -0.2) is 41.3 Å². The summed E-state index contributed by atoms with van der Waals surface area (Å²) in [4.78, 5) is 12.1. The maximum absolute atomic E-state index is 13.3. The minimum absolute atomic E-state index is 0.0940. The third-order valence-corrected chi connectivity index (χ3v) is 6.25. The smallest absolute Gasteiger partial charge is 0.338 e. The molecule has 7 nitrogen and oxygen atoms in total. The van der Waals surface area contributed by atoms with Crippen molar-refractivity contribution < 1.29 is 27.4 Å². The summed E-state index contributed by atoms with van der Waals surface area (Å²) in [5, 5.41) is 0. The maximum Gasteiger partial charge on any atom is 0.338 e. The Morgan fingerprint density at radius 3 is 2.52 bits per heavy atom. The van der Waals surface area contributed by atoms with Crippen molar-refractivity contribution in [3.05, 3.63) is 47.5 Å². The molecule has 27 heavy (non-hydrogen) atoms. The Balaban J connectivity index is 2.06. The van der Waals surface area contributed by atoms with Crippen LogP contribution < -0.4 is 13.8 Å². The van der Waals surface area contributed by atoms with Gasteiger partial charge < -0.3 is 14.2 Å². The highest BCUT2D eigenvalue weighted by atomic mass is 32.2. The van der Waals surface area contributed by atoms with Gasteiger partial charge in [0.1, 0.15) is 13.2 Å². The second kappa shape index (κ2) is 7.48. The Kier molecular flexibility index (Phi) is 5.27. The fourth-order valence-corrected chi connectivity index (χ4v) is 4.55. The van der Waals surface area contributed by atoms with Crippen molar-refractivity contribution in [3.8, 4) is 11.5 Å². The lowest BCUT2D eigenvalue weighted by Gasteiger charge is -2.26. The summed E-state index contributed by atoms with van der Waals surface area (Å²) < 4.78 is 43.5. The molecule has 0 saturated carbocycles. The number of nitrogens with zero attached hydrogens (tertiary/aromatic N) is 1. The standard InChI is InChI=1S/C19H21NO6S/c1-4-20(16-7-5-6-15(13(16)2)19(21)24-3)27(22,23)14-8-9-17-18(12-14)26-11-10-25-17/h5-9,12H,4,10-11H2,1-3H3. The number of ether oxygens (including phenoxy) is 3. The molecule has 0 fully saturated rings. The third-order valence-electron chi connectivity index (χ3n) is 4.37. The molecule has 0 aliphatic carbocycles.